The average Bonchev–Trinajstić information content (AvgIpc) is 2.65. The van der Waals surface area contributed by atoms with E-state index >= 15 is 0 Å². The molecule has 0 saturated heterocycles. The first-order chi connectivity index (χ1) is 7.37. The molecule has 0 aromatic carbocycles. The van der Waals surface area contributed by atoms with Gasteiger partial charge in [0.15, 0.2) is 0 Å². The van der Waals surface area contributed by atoms with Crippen LogP contribution < -0.4 is 0 Å². The van der Waals surface area contributed by atoms with Crippen LogP contribution in [-0.4, -0.2) is 37.8 Å². The predicted molar refractivity (Wildman–Crippen MR) is 56.1 cm³/mol. The number of alkyl halides is 2. The molecular formula is C8H11F2NO3S2. The summed E-state index contributed by atoms with van der Waals surface area (Å²) < 4.78 is 48.1. The minimum Gasteiger partial charge on any atom is -0.391 e. The van der Waals surface area contributed by atoms with Crippen LogP contribution in [0.1, 0.15) is 4.88 Å². The second-order valence-electron chi connectivity index (χ2n) is 3.06. The Morgan fingerprint density at radius 2 is 2.12 bits per heavy atom. The van der Waals surface area contributed by atoms with E-state index in [1.54, 1.807) is 0 Å². The highest BCUT2D eigenvalue weighted by molar-refractivity contribution is 7.91. The molecule has 0 aliphatic carbocycles. The van der Waals surface area contributed by atoms with Gasteiger partial charge >= 0.3 is 0 Å². The van der Waals surface area contributed by atoms with Crippen molar-refractivity contribution in [2.24, 2.45) is 0 Å². The molecule has 0 radical (unpaired) electrons. The van der Waals surface area contributed by atoms with Crippen LogP contribution in [0.25, 0.3) is 0 Å². The van der Waals surface area contributed by atoms with Crippen molar-refractivity contribution in [3.63, 3.8) is 0 Å². The van der Waals surface area contributed by atoms with Crippen LogP contribution in [0.4, 0.5) is 8.78 Å². The SMILES string of the molecule is CN(CC(F)F)S(=O)(=O)c1ccc(CO)s1. The lowest BCUT2D eigenvalue weighted by Crippen LogP contribution is -2.30. The normalized spacial score (nSPS) is 12.6. The molecule has 0 aliphatic heterocycles. The Kier molecular flexibility index (Phi) is 4.36. The molecule has 0 amide bonds. The lowest BCUT2D eigenvalue weighted by Gasteiger charge is -2.14. The summed E-state index contributed by atoms with van der Waals surface area (Å²) in [5.41, 5.74) is 0. The smallest absolute Gasteiger partial charge is 0.252 e. The lowest BCUT2D eigenvalue weighted by atomic mass is 10.5. The number of aliphatic hydroxyl groups is 1. The zero-order chi connectivity index (χ0) is 12.3. The number of sulfonamides is 1. The standard InChI is InChI=1S/C8H11F2NO3S2/c1-11(4-7(9)10)16(13,14)8-3-2-6(5-12)15-8/h2-3,7,12H,4-5H2,1H3. The highest BCUT2D eigenvalue weighted by Gasteiger charge is 2.25. The van der Waals surface area contributed by atoms with Gasteiger partial charge in [-0.25, -0.2) is 17.2 Å². The molecule has 1 rings (SSSR count). The molecule has 0 bridgehead atoms. The fourth-order valence-corrected chi connectivity index (χ4v) is 3.60. The van der Waals surface area contributed by atoms with Crippen LogP contribution in [0.5, 0.6) is 0 Å². The van der Waals surface area contributed by atoms with Gasteiger partial charge in [0.2, 0.25) is 0 Å². The van der Waals surface area contributed by atoms with Crippen LogP contribution in [0.3, 0.4) is 0 Å². The van der Waals surface area contributed by atoms with Crippen LogP contribution in [0, 0.1) is 0 Å². The summed E-state index contributed by atoms with van der Waals surface area (Å²) >= 11 is 0.871. The molecule has 1 aromatic heterocycles. The fourth-order valence-electron chi connectivity index (χ4n) is 1.03. The van der Waals surface area contributed by atoms with Crippen LogP contribution in [0.2, 0.25) is 0 Å². The number of hydrogen-bond acceptors (Lipinski definition) is 4. The molecule has 1 heterocycles. The zero-order valence-electron chi connectivity index (χ0n) is 8.43. The maximum Gasteiger partial charge on any atom is 0.252 e. The topological polar surface area (TPSA) is 57.6 Å². The Morgan fingerprint density at radius 3 is 2.56 bits per heavy atom. The molecule has 8 heteroatoms. The van der Waals surface area contributed by atoms with Crippen molar-refractivity contribution < 1.29 is 22.3 Å². The first-order valence-corrected chi connectivity index (χ1v) is 6.57. The number of aliphatic hydroxyl groups excluding tert-OH is 1. The first kappa shape index (κ1) is 13.5. The van der Waals surface area contributed by atoms with Gasteiger partial charge in [-0.3, -0.25) is 0 Å². The molecule has 0 saturated carbocycles. The quantitative estimate of drug-likeness (QED) is 0.873. The van der Waals surface area contributed by atoms with Crippen molar-refractivity contribution >= 4 is 21.4 Å². The summed E-state index contributed by atoms with van der Waals surface area (Å²) in [6.45, 7) is -1.10. The fraction of sp³-hybridized carbons (Fsp3) is 0.500. The molecular weight excluding hydrogens is 260 g/mol. The van der Waals surface area contributed by atoms with E-state index in [-0.39, 0.29) is 10.8 Å². The summed E-state index contributed by atoms with van der Waals surface area (Å²) in [5, 5.41) is 8.78. The third kappa shape index (κ3) is 2.97. The van der Waals surface area contributed by atoms with Crippen LogP contribution in [0.15, 0.2) is 16.3 Å². The van der Waals surface area contributed by atoms with Crippen molar-refractivity contribution in [1.82, 2.24) is 4.31 Å². The van der Waals surface area contributed by atoms with Crippen molar-refractivity contribution in [3.8, 4) is 0 Å². The zero-order valence-corrected chi connectivity index (χ0v) is 10.1. The van der Waals surface area contributed by atoms with Crippen molar-refractivity contribution in [2.75, 3.05) is 13.6 Å². The molecule has 0 fully saturated rings. The van der Waals surface area contributed by atoms with E-state index in [0.29, 0.717) is 9.18 Å². The van der Waals surface area contributed by atoms with E-state index in [4.69, 9.17) is 5.11 Å². The van der Waals surface area contributed by atoms with E-state index in [9.17, 15) is 17.2 Å². The Balaban J connectivity index is 2.92. The van der Waals surface area contributed by atoms with E-state index in [1.165, 1.54) is 12.1 Å². The lowest BCUT2D eigenvalue weighted by molar-refractivity contribution is 0.126. The van der Waals surface area contributed by atoms with Gasteiger partial charge in [-0.1, -0.05) is 0 Å². The van der Waals surface area contributed by atoms with Gasteiger partial charge in [0.1, 0.15) is 4.21 Å². The molecule has 0 unspecified atom stereocenters. The van der Waals surface area contributed by atoms with Gasteiger partial charge in [0.05, 0.1) is 13.2 Å². The molecule has 0 aliphatic rings. The summed E-state index contributed by atoms with van der Waals surface area (Å²) in [7, 11) is -2.77. The van der Waals surface area contributed by atoms with E-state index < -0.39 is 23.0 Å². The Hall–Kier alpha value is -0.570. The van der Waals surface area contributed by atoms with Crippen LogP contribution in [-0.2, 0) is 16.6 Å². The van der Waals surface area contributed by atoms with Crippen molar-refractivity contribution in [3.05, 3.63) is 17.0 Å². The molecule has 92 valence electrons. The summed E-state index contributed by atoms with van der Waals surface area (Å²) in [6.07, 6.45) is -2.71. The van der Waals surface area contributed by atoms with Crippen molar-refractivity contribution in [1.29, 1.82) is 0 Å². The van der Waals surface area contributed by atoms with Gasteiger partial charge in [0.25, 0.3) is 16.4 Å². The Morgan fingerprint density at radius 1 is 1.50 bits per heavy atom. The maximum absolute atomic E-state index is 12.1. The Labute approximate surface area is 96.2 Å². The van der Waals surface area contributed by atoms with E-state index in [2.05, 4.69) is 0 Å². The van der Waals surface area contributed by atoms with Gasteiger partial charge < -0.3 is 5.11 Å². The minimum absolute atomic E-state index is 0.0419. The maximum atomic E-state index is 12.1. The minimum atomic E-state index is -3.86. The third-order valence-corrected chi connectivity index (χ3v) is 5.21. The molecule has 1 N–H and O–H groups in total. The Bertz CT molecular complexity index is 444. The second kappa shape index (κ2) is 5.17. The van der Waals surface area contributed by atoms with E-state index in [1.807, 2.05) is 0 Å². The number of thiophene rings is 1. The first-order valence-electron chi connectivity index (χ1n) is 4.32. The van der Waals surface area contributed by atoms with Gasteiger partial charge in [-0.05, 0) is 12.1 Å². The monoisotopic (exact) mass is 271 g/mol. The number of hydrogen-bond donors (Lipinski definition) is 1. The third-order valence-electron chi connectivity index (χ3n) is 1.85. The van der Waals surface area contributed by atoms with Crippen molar-refractivity contribution in [2.45, 2.75) is 17.2 Å². The molecule has 16 heavy (non-hydrogen) atoms. The average molecular weight is 271 g/mol. The summed E-state index contributed by atoms with van der Waals surface area (Å²) in [5.74, 6) is 0. The molecule has 0 spiro atoms. The number of halogens is 2. The van der Waals surface area contributed by atoms with Gasteiger partial charge in [-0.15, -0.1) is 11.3 Å². The van der Waals surface area contributed by atoms with Gasteiger partial charge in [-0.2, -0.15) is 4.31 Å². The molecule has 4 nitrogen and oxygen atoms in total. The predicted octanol–water partition coefficient (Wildman–Crippen LogP) is 1.13. The summed E-state index contributed by atoms with van der Waals surface area (Å²) in [6, 6.07) is 2.75. The largest absolute Gasteiger partial charge is 0.391 e. The van der Waals surface area contributed by atoms with Gasteiger partial charge in [0, 0.05) is 11.9 Å². The van der Waals surface area contributed by atoms with Crippen LogP contribution >= 0.6 is 11.3 Å². The number of nitrogens with zero attached hydrogens (tertiary/aromatic N) is 1. The number of rotatable bonds is 5. The summed E-state index contributed by atoms with van der Waals surface area (Å²) in [4.78, 5) is 0.476. The highest BCUT2D eigenvalue weighted by atomic mass is 32.2. The molecule has 1 aromatic rings. The molecule has 0 atom stereocenters. The van der Waals surface area contributed by atoms with E-state index in [0.717, 1.165) is 18.4 Å². The highest BCUT2D eigenvalue weighted by Crippen LogP contribution is 2.24. The second-order valence-corrected chi connectivity index (χ2v) is 6.50.